The number of hydrogen-bond donors (Lipinski definition) is 2. The summed E-state index contributed by atoms with van der Waals surface area (Å²) in [7, 11) is 0. The molecule has 2 aromatic rings. The van der Waals surface area contributed by atoms with Crippen LogP contribution >= 0.6 is 0 Å². The maximum Gasteiger partial charge on any atom is 0.329 e. The maximum absolute atomic E-state index is 11.6. The van der Waals surface area contributed by atoms with E-state index >= 15 is 0 Å². The second-order valence-electron chi connectivity index (χ2n) is 3.98. The summed E-state index contributed by atoms with van der Waals surface area (Å²) in [5.41, 5.74) is 3.57. The minimum atomic E-state index is -0.851. The van der Waals surface area contributed by atoms with Gasteiger partial charge < -0.3 is 9.73 Å². The van der Waals surface area contributed by atoms with Gasteiger partial charge in [-0.05, 0) is 30.7 Å². The summed E-state index contributed by atoms with van der Waals surface area (Å²) in [6.07, 6.45) is 2.78. The Morgan fingerprint density at radius 1 is 1.15 bits per heavy atom. The van der Waals surface area contributed by atoms with Crippen LogP contribution in [0.2, 0.25) is 0 Å². The average molecular weight is 271 g/mol. The lowest BCUT2D eigenvalue weighted by Crippen LogP contribution is -2.32. The Kier molecular flexibility index (Phi) is 4.28. The molecule has 2 rings (SSSR count). The largest absolute Gasteiger partial charge is 0.463 e. The summed E-state index contributed by atoms with van der Waals surface area (Å²) in [5, 5.41) is 6.13. The van der Waals surface area contributed by atoms with Gasteiger partial charge in [0.05, 0.1) is 12.5 Å². The molecule has 0 unspecified atom stereocenters. The highest BCUT2D eigenvalue weighted by Gasteiger charge is 2.13. The number of hydrogen-bond acceptors (Lipinski definition) is 4. The second-order valence-corrected chi connectivity index (χ2v) is 3.98. The van der Waals surface area contributed by atoms with Crippen LogP contribution in [0.15, 0.2) is 52.2 Å². The first-order valence-corrected chi connectivity index (χ1v) is 5.90. The van der Waals surface area contributed by atoms with Gasteiger partial charge in [0, 0.05) is 5.69 Å². The molecule has 0 aliphatic carbocycles. The second kappa shape index (κ2) is 6.33. The molecule has 0 saturated heterocycles. The van der Waals surface area contributed by atoms with E-state index < -0.39 is 11.8 Å². The molecular formula is C14H13N3O3. The SMILES string of the molecule is Cc1ccccc1NC(=O)C(=O)N/N=C\c1ccco1. The fraction of sp³-hybridized carbons (Fsp3) is 0.0714. The van der Waals surface area contributed by atoms with E-state index in [0.29, 0.717) is 11.4 Å². The Hall–Kier alpha value is -2.89. The van der Waals surface area contributed by atoms with E-state index in [9.17, 15) is 9.59 Å². The van der Waals surface area contributed by atoms with Crippen LogP contribution in [-0.2, 0) is 9.59 Å². The number of benzene rings is 1. The molecular weight excluding hydrogens is 258 g/mol. The fourth-order valence-corrected chi connectivity index (χ4v) is 1.46. The van der Waals surface area contributed by atoms with Crippen molar-refractivity contribution in [3.63, 3.8) is 0 Å². The van der Waals surface area contributed by atoms with Crippen LogP contribution in [-0.4, -0.2) is 18.0 Å². The lowest BCUT2D eigenvalue weighted by molar-refractivity contribution is -0.136. The van der Waals surface area contributed by atoms with Crippen LogP contribution in [0.3, 0.4) is 0 Å². The van der Waals surface area contributed by atoms with Crippen LogP contribution in [0.5, 0.6) is 0 Å². The first-order chi connectivity index (χ1) is 9.66. The molecule has 2 amide bonds. The minimum absolute atomic E-state index is 0.476. The normalized spacial score (nSPS) is 10.4. The van der Waals surface area contributed by atoms with Crippen LogP contribution in [0, 0.1) is 6.92 Å². The number of nitrogens with one attached hydrogen (secondary N) is 2. The fourth-order valence-electron chi connectivity index (χ4n) is 1.46. The summed E-state index contributed by atoms with van der Waals surface area (Å²) in [6, 6.07) is 10.5. The van der Waals surface area contributed by atoms with Gasteiger partial charge in [-0.2, -0.15) is 5.10 Å². The quantitative estimate of drug-likeness (QED) is 0.506. The number of para-hydroxylation sites is 1. The molecule has 0 atom stereocenters. The summed E-state index contributed by atoms with van der Waals surface area (Å²) < 4.78 is 4.99. The molecule has 0 radical (unpaired) electrons. The maximum atomic E-state index is 11.6. The zero-order valence-corrected chi connectivity index (χ0v) is 10.8. The number of amides is 2. The summed E-state index contributed by atoms with van der Waals surface area (Å²) >= 11 is 0. The van der Waals surface area contributed by atoms with E-state index in [0.717, 1.165) is 5.56 Å². The van der Waals surface area contributed by atoms with Gasteiger partial charge >= 0.3 is 11.8 Å². The third-order valence-corrected chi connectivity index (χ3v) is 2.50. The highest BCUT2D eigenvalue weighted by molar-refractivity contribution is 6.39. The van der Waals surface area contributed by atoms with Crippen molar-refractivity contribution in [2.75, 3.05) is 5.32 Å². The molecule has 1 aromatic carbocycles. The predicted molar refractivity (Wildman–Crippen MR) is 74.3 cm³/mol. The zero-order valence-electron chi connectivity index (χ0n) is 10.8. The number of furan rings is 1. The Bertz CT molecular complexity index is 633. The first-order valence-electron chi connectivity index (χ1n) is 5.90. The topological polar surface area (TPSA) is 83.7 Å². The molecule has 102 valence electrons. The van der Waals surface area contributed by atoms with E-state index in [1.54, 1.807) is 24.3 Å². The number of rotatable bonds is 3. The number of carbonyl (C=O) groups excluding carboxylic acids is 2. The molecule has 2 N–H and O–H groups in total. The molecule has 0 spiro atoms. The van der Waals surface area contributed by atoms with Crippen molar-refractivity contribution in [2.24, 2.45) is 5.10 Å². The van der Waals surface area contributed by atoms with Crippen molar-refractivity contribution < 1.29 is 14.0 Å². The van der Waals surface area contributed by atoms with E-state index in [1.807, 2.05) is 19.1 Å². The number of anilines is 1. The van der Waals surface area contributed by atoms with Gasteiger partial charge in [0.15, 0.2) is 0 Å². The molecule has 20 heavy (non-hydrogen) atoms. The third kappa shape index (κ3) is 3.55. The van der Waals surface area contributed by atoms with Gasteiger partial charge in [-0.1, -0.05) is 18.2 Å². The van der Waals surface area contributed by atoms with E-state index in [2.05, 4.69) is 15.8 Å². The summed E-state index contributed by atoms with van der Waals surface area (Å²) in [4.78, 5) is 23.2. The van der Waals surface area contributed by atoms with Crippen LogP contribution in [0.4, 0.5) is 5.69 Å². The Morgan fingerprint density at radius 2 is 1.95 bits per heavy atom. The molecule has 0 fully saturated rings. The summed E-state index contributed by atoms with van der Waals surface area (Å²) in [6.45, 7) is 1.84. The highest BCUT2D eigenvalue weighted by Crippen LogP contribution is 2.12. The molecule has 0 aliphatic heterocycles. The van der Waals surface area contributed by atoms with Crippen molar-refractivity contribution in [3.8, 4) is 0 Å². The van der Waals surface area contributed by atoms with Crippen molar-refractivity contribution in [3.05, 3.63) is 54.0 Å². The molecule has 1 heterocycles. The zero-order chi connectivity index (χ0) is 14.4. The van der Waals surface area contributed by atoms with Gasteiger partial charge in [-0.3, -0.25) is 9.59 Å². The lowest BCUT2D eigenvalue weighted by Gasteiger charge is -2.06. The highest BCUT2D eigenvalue weighted by atomic mass is 16.3. The van der Waals surface area contributed by atoms with Crippen molar-refractivity contribution in [2.45, 2.75) is 6.92 Å². The van der Waals surface area contributed by atoms with Crippen molar-refractivity contribution in [1.82, 2.24) is 5.43 Å². The van der Waals surface area contributed by atoms with E-state index in [-0.39, 0.29) is 0 Å². The number of carbonyl (C=O) groups is 2. The predicted octanol–water partition coefficient (Wildman–Crippen LogP) is 1.68. The Labute approximate surface area is 115 Å². The molecule has 6 nitrogen and oxygen atoms in total. The third-order valence-electron chi connectivity index (χ3n) is 2.50. The number of hydrazone groups is 1. The first kappa shape index (κ1) is 13.5. The molecule has 1 aromatic heterocycles. The minimum Gasteiger partial charge on any atom is -0.463 e. The monoisotopic (exact) mass is 271 g/mol. The average Bonchev–Trinajstić information content (AvgIpc) is 2.94. The molecule has 0 bridgehead atoms. The van der Waals surface area contributed by atoms with Gasteiger partial charge in [0.1, 0.15) is 5.76 Å². The molecule has 0 aliphatic rings. The van der Waals surface area contributed by atoms with E-state index in [1.165, 1.54) is 12.5 Å². The Morgan fingerprint density at radius 3 is 2.65 bits per heavy atom. The van der Waals surface area contributed by atoms with Crippen LogP contribution in [0.1, 0.15) is 11.3 Å². The van der Waals surface area contributed by atoms with Gasteiger partial charge in [-0.15, -0.1) is 0 Å². The smallest absolute Gasteiger partial charge is 0.329 e. The molecule has 6 heteroatoms. The van der Waals surface area contributed by atoms with Crippen molar-refractivity contribution in [1.29, 1.82) is 0 Å². The standard InChI is InChI=1S/C14H13N3O3/c1-10-5-2-3-7-12(10)16-13(18)14(19)17-15-9-11-6-4-8-20-11/h2-9H,1H3,(H,16,18)(H,17,19)/b15-9-. The van der Waals surface area contributed by atoms with Crippen molar-refractivity contribution >= 4 is 23.7 Å². The van der Waals surface area contributed by atoms with Crippen LogP contribution in [0.25, 0.3) is 0 Å². The Balaban J connectivity index is 1.89. The van der Waals surface area contributed by atoms with Gasteiger partial charge in [0.25, 0.3) is 0 Å². The van der Waals surface area contributed by atoms with E-state index in [4.69, 9.17) is 4.42 Å². The lowest BCUT2D eigenvalue weighted by atomic mass is 10.2. The molecule has 0 saturated carbocycles. The summed E-state index contributed by atoms with van der Waals surface area (Å²) in [5.74, 6) is -1.16. The number of aryl methyl sites for hydroxylation is 1. The number of nitrogens with zero attached hydrogens (tertiary/aromatic N) is 1. The van der Waals surface area contributed by atoms with Gasteiger partial charge in [0.2, 0.25) is 0 Å². The van der Waals surface area contributed by atoms with Crippen LogP contribution < -0.4 is 10.7 Å². The van der Waals surface area contributed by atoms with Gasteiger partial charge in [-0.25, -0.2) is 5.43 Å².